The lowest BCUT2D eigenvalue weighted by Crippen LogP contribution is -2.05. The van der Waals surface area contributed by atoms with Crippen molar-refractivity contribution in [2.75, 3.05) is 6.54 Å². The highest BCUT2D eigenvalue weighted by atomic mass is 16.4. The Bertz CT molecular complexity index is 644. The molecule has 108 valence electrons. The Morgan fingerprint density at radius 2 is 2.15 bits per heavy atom. The first-order valence-corrected chi connectivity index (χ1v) is 6.70. The van der Waals surface area contributed by atoms with E-state index in [1.807, 2.05) is 16.8 Å². The number of carboxylic acid groups (broad SMARTS) is 1. The van der Waals surface area contributed by atoms with Crippen LogP contribution in [0, 0.1) is 6.92 Å². The molecule has 4 N–H and O–H groups in total. The molecule has 1 atom stereocenters. The molecule has 0 saturated carbocycles. The Balaban J connectivity index is 2.66. The van der Waals surface area contributed by atoms with Gasteiger partial charge in [0.05, 0.1) is 11.7 Å². The number of hydrogen-bond acceptors (Lipinski definition) is 3. The van der Waals surface area contributed by atoms with Crippen LogP contribution in [-0.4, -0.2) is 27.3 Å². The quantitative estimate of drug-likeness (QED) is 0.779. The van der Waals surface area contributed by atoms with Crippen LogP contribution in [-0.2, 0) is 6.54 Å². The van der Waals surface area contributed by atoms with E-state index in [0.717, 1.165) is 29.4 Å². The van der Waals surface area contributed by atoms with Gasteiger partial charge in [0.15, 0.2) is 0 Å². The molecule has 20 heavy (non-hydrogen) atoms. The van der Waals surface area contributed by atoms with Crippen molar-refractivity contribution in [3.63, 3.8) is 0 Å². The minimum Gasteiger partial charge on any atom is -0.478 e. The predicted octanol–water partition coefficient (Wildman–Crippen LogP) is 2.05. The van der Waals surface area contributed by atoms with Crippen LogP contribution in [0.25, 0.3) is 10.9 Å². The fourth-order valence-electron chi connectivity index (χ4n) is 2.48. The molecule has 1 aromatic carbocycles. The predicted molar refractivity (Wildman–Crippen MR) is 77.9 cm³/mol. The molecule has 0 spiro atoms. The van der Waals surface area contributed by atoms with Gasteiger partial charge in [0.2, 0.25) is 0 Å². The first kappa shape index (κ1) is 14.6. The lowest BCUT2D eigenvalue weighted by Gasteiger charge is -2.07. The number of aliphatic hydroxyl groups excluding tert-OH is 1. The van der Waals surface area contributed by atoms with Crippen LogP contribution in [0.15, 0.2) is 18.3 Å². The largest absolute Gasteiger partial charge is 0.478 e. The van der Waals surface area contributed by atoms with Gasteiger partial charge in [-0.3, -0.25) is 0 Å². The molecular formula is C15H20N2O3. The first-order chi connectivity index (χ1) is 9.45. The van der Waals surface area contributed by atoms with Crippen LogP contribution in [0.1, 0.15) is 40.9 Å². The number of hydrogen-bond donors (Lipinski definition) is 3. The third-order valence-electron chi connectivity index (χ3n) is 3.54. The summed E-state index contributed by atoms with van der Waals surface area (Å²) in [6, 6.07) is 3.51. The summed E-state index contributed by atoms with van der Waals surface area (Å²) in [5, 5.41) is 19.9. The Morgan fingerprint density at radius 3 is 2.70 bits per heavy atom. The molecule has 0 saturated heterocycles. The van der Waals surface area contributed by atoms with Crippen molar-refractivity contribution in [3.8, 4) is 0 Å². The summed E-state index contributed by atoms with van der Waals surface area (Å²) in [5.41, 5.74) is 8.22. The molecule has 0 aliphatic heterocycles. The minimum atomic E-state index is -0.948. The van der Waals surface area contributed by atoms with Gasteiger partial charge in [-0.05, 0) is 44.5 Å². The van der Waals surface area contributed by atoms with Gasteiger partial charge in [0.25, 0.3) is 0 Å². The normalized spacial score (nSPS) is 12.8. The van der Waals surface area contributed by atoms with E-state index in [9.17, 15) is 15.0 Å². The van der Waals surface area contributed by atoms with Crippen LogP contribution >= 0.6 is 0 Å². The molecule has 2 aromatic rings. The summed E-state index contributed by atoms with van der Waals surface area (Å²) >= 11 is 0. The molecule has 1 heterocycles. The Kier molecular flexibility index (Phi) is 4.11. The molecule has 0 amide bonds. The van der Waals surface area contributed by atoms with E-state index in [2.05, 4.69) is 0 Å². The number of nitrogens with two attached hydrogens (primary N) is 1. The van der Waals surface area contributed by atoms with E-state index >= 15 is 0 Å². The highest BCUT2D eigenvalue weighted by Gasteiger charge is 2.16. The van der Waals surface area contributed by atoms with Crippen molar-refractivity contribution in [1.29, 1.82) is 0 Å². The number of fused-ring (bicyclic) bond motifs is 1. The standard InChI is InChI=1S/C15H20N2O3/c1-9-6-14-12(7-11(9)15(19)20)13(10(2)18)8-17(14)5-3-4-16/h6-8,10,18H,3-5,16H2,1-2H3,(H,19,20). The number of carbonyl (C=O) groups is 1. The zero-order chi connectivity index (χ0) is 14.9. The molecule has 0 radical (unpaired) electrons. The van der Waals surface area contributed by atoms with E-state index in [-0.39, 0.29) is 5.56 Å². The van der Waals surface area contributed by atoms with Crippen LogP contribution in [0.2, 0.25) is 0 Å². The number of rotatable bonds is 5. The smallest absolute Gasteiger partial charge is 0.335 e. The summed E-state index contributed by atoms with van der Waals surface area (Å²) in [6.07, 6.45) is 2.08. The lowest BCUT2D eigenvalue weighted by atomic mass is 10.0. The monoisotopic (exact) mass is 276 g/mol. The van der Waals surface area contributed by atoms with Gasteiger partial charge in [-0.1, -0.05) is 0 Å². The number of nitrogens with zero attached hydrogens (tertiary/aromatic N) is 1. The number of aliphatic hydroxyl groups is 1. The fraction of sp³-hybridized carbons (Fsp3) is 0.400. The van der Waals surface area contributed by atoms with Gasteiger partial charge >= 0.3 is 5.97 Å². The summed E-state index contributed by atoms with van der Waals surface area (Å²) in [7, 11) is 0. The maximum absolute atomic E-state index is 11.2. The van der Waals surface area contributed by atoms with Gasteiger partial charge < -0.3 is 20.5 Å². The average molecular weight is 276 g/mol. The Hall–Kier alpha value is -1.85. The molecule has 0 aliphatic rings. The van der Waals surface area contributed by atoms with Crippen molar-refractivity contribution in [2.24, 2.45) is 5.73 Å². The van der Waals surface area contributed by atoms with Crippen LogP contribution < -0.4 is 5.73 Å². The Morgan fingerprint density at radius 1 is 1.45 bits per heavy atom. The third kappa shape index (κ3) is 2.55. The number of carboxylic acids is 1. The van der Waals surface area contributed by atoms with Crippen molar-refractivity contribution in [3.05, 3.63) is 35.0 Å². The maximum atomic E-state index is 11.2. The molecule has 1 unspecified atom stereocenters. The molecule has 2 rings (SSSR count). The third-order valence-corrected chi connectivity index (χ3v) is 3.54. The molecule has 5 heteroatoms. The minimum absolute atomic E-state index is 0.274. The van der Waals surface area contributed by atoms with E-state index in [1.165, 1.54) is 0 Å². The van der Waals surface area contributed by atoms with Gasteiger partial charge in [0, 0.05) is 29.2 Å². The number of aryl methyl sites for hydroxylation is 2. The number of aromatic carboxylic acids is 1. The van der Waals surface area contributed by atoms with Crippen molar-refractivity contribution in [2.45, 2.75) is 32.9 Å². The second-order valence-electron chi connectivity index (χ2n) is 5.09. The molecular weight excluding hydrogens is 256 g/mol. The van der Waals surface area contributed by atoms with E-state index in [1.54, 1.807) is 19.9 Å². The lowest BCUT2D eigenvalue weighted by molar-refractivity contribution is 0.0696. The fourth-order valence-corrected chi connectivity index (χ4v) is 2.48. The second kappa shape index (κ2) is 5.64. The molecule has 1 aromatic heterocycles. The van der Waals surface area contributed by atoms with Gasteiger partial charge in [-0.15, -0.1) is 0 Å². The highest BCUT2D eigenvalue weighted by Crippen LogP contribution is 2.29. The summed E-state index contributed by atoms with van der Waals surface area (Å²) < 4.78 is 2.03. The van der Waals surface area contributed by atoms with Gasteiger partial charge in [-0.2, -0.15) is 0 Å². The molecule has 0 bridgehead atoms. The SMILES string of the molecule is Cc1cc2c(cc1C(=O)O)c(C(C)O)cn2CCCN. The second-order valence-corrected chi connectivity index (χ2v) is 5.09. The van der Waals surface area contributed by atoms with Crippen LogP contribution in [0.4, 0.5) is 0 Å². The van der Waals surface area contributed by atoms with Gasteiger partial charge in [-0.25, -0.2) is 4.79 Å². The van der Waals surface area contributed by atoms with Crippen molar-refractivity contribution < 1.29 is 15.0 Å². The molecule has 0 fully saturated rings. The molecule has 0 aliphatic carbocycles. The van der Waals surface area contributed by atoms with E-state index in [4.69, 9.17) is 5.73 Å². The first-order valence-electron chi connectivity index (χ1n) is 6.70. The topological polar surface area (TPSA) is 88.5 Å². The van der Waals surface area contributed by atoms with Gasteiger partial charge in [0.1, 0.15) is 0 Å². The van der Waals surface area contributed by atoms with Crippen molar-refractivity contribution >= 4 is 16.9 Å². The maximum Gasteiger partial charge on any atom is 0.335 e. The highest BCUT2D eigenvalue weighted by molar-refractivity contribution is 5.96. The van der Waals surface area contributed by atoms with E-state index in [0.29, 0.717) is 12.1 Å². The average Bonchev–Trinajstić information content (AvgIpc) is 2.73. The molecule has 5 nitrogen and oxygen atoms in total. The Labute approximate surface area is 117 Å². The van der Waals surface area contributed by atoms with Crippen molar-refractivity contribution in [1.82, 2.24) is 4.57 Å². The van der Waals surface area contributed by atoms with Crippen LogP contribution in [0.3, 0.4) is 0 Å². The van der Waals surface area contributed by atoms with E-state index < -0.39 is 12.1 Å². The summed E-state index contributed by atoms with van der Waals surface area (Å²) in [4.78, 5) is 11.2. The zero-order valence-corrected chi connectivity index (χ0v) is 11.8. The number of aromatic nitrogens is 1. The summed E-state index contributed by atoms with van der Waals surface area (Å²) in [6.45, 7) is 4.81. The zero-order valence-electron chi connectivity index (χ0n) is 11.8. The number of benzene rings is 1. The van der Waals surface area contributed by atoms with Crippen LogP contribution in [0.5, 0.6) is 0 Å². The summed E-state index contributed by atoms with van der Waals surface area (Å²) in [5.74, 6) is -0.948.